The number of rotatable bonds is 5. The van der Waals surface area contributed by atoms with Crippen molar-refractivity contribution in [3.8, 4) is 11.5 Å². The average molecular weight is 430 g/mol. The zero-order valence-electron chi connectivity index (χ0n) is 17.9. The molecular formula is C25H22N2O5. The summed E-state index contributed by atoms with van der Waals surface area (Å²) in [6, 6.07) is 14.6. The van der Waals surface area contributed by atoms with Gasteiger partial charge in [-0.15, -0.1) is 0 Å². The number of Topliss-reactive ketones (excluding diaryl/α,β-unsaturated/α-hetero) is 1. The van der Waals surface area contributed by atoms with Crippen molar-refractivity contribution in [2.45, 2.75) is 13.0 Å². The fourth-order valence-corrected chi connectivity index (χ4v) is 3.95. The smallest absolute Gasteiger partial charge is 0.300 e. The first-order valence-corrected chi connectivity index (χ1v) is 9.97. The van der Waals surface area contributed by atoms with Gasteiger partial charge in [0.15, 0.2) is 0 Å². The van der Waals surface area contributed by atoms with E-state index < -0.39 is 17.7 Å². The summed E-state index contributed by atoms with van der Waals surface area (Å²) < 4.78 is 10.7. The Morgan fingerprint density at radius 3 is 2.31 bits per heavy atom. The van der Waals surface area contributed by atoms with E-state index in [1.165, 1.54) is 12.0 Å². The maximum atomic E-state index is 13.2. The highest BCUT2D eigenvalue weighted by Crippen LogP contribution is 2.44. The molecular weight excluding hydrogens is 408 g/mol. The number of aliphatic hydroxyl groups excluding tert-OH is 1. The van der Waals surface area contributed by atoms with Crippen molar-refractivity contribution in [2.75, 3.05) is 19.1 Å². The number of aromatic nitrogens is 1. The fourth-order valence-electron chi connectivity index (χ4n) is 3.95. The quantitative estimate of drug-likeness (QED) is 0.373. The largest absolute Gasteiger partial charge is 0.507 e. The minimum atomic E-state index is -0.850. The van der Waals surface area contributed by atoms with Gasteiger partial charge in [-0.05, 0) is 60.5 Å². The monoisotopic (exact) mass is 430 g/mol. The lowest BCUT2D eigenvalue weighted by Crippen LogP contribution is -2.29. The van der Waals surface area contributed by atoms with Gasteiger partial charge in [-0.3, -0.25) is 19.5 Å². The molecule has 0 aliphatic carbocycles. The number of ketones is 1. The lowest BCUT2D eigenvalue weighted by atomic mass is 9.95. The van der Waals surface area contributed by atoms with Crippen molar-refractivity contribution >= 4 is 23.1 Å². The molecule has 1 aliphatic rings. The van der Waals surface area contributed by atoms with Crippen LogP contribution in [0.4, 0.5) is 5.69 Å². The number of pyridine rings is 1. The maximum Gasteiger partial charge on any atom is 0.300 e. The van der Waals surface area contributed by atoms with Gasteiger partial charge in [0, 0.05) is 18.0 Å². The van der Waals surface area contributed by atoms with Crippen molar-refractivity contribution in [1.29, 1.82) is 0 Å². The van der Waals surface area contributed by atoms with Crippen molar-refractivity contribution < 1.29 is 24.2 Å². The van der Waals surface area contributed by atoms with E-state index in [1.54, 1.807) is 74.1 Å². The third-order valence-electron chi connectivity index (χ3n) is 5.48. The average Bonchev–Trinajstić information content (AvgIpc) is 3.09. The lowest BCUT2D eigenvalue weighted by Gasteiger charge is -2.26. The first kappa shape index (κ1) is 21.1. The molecule has 1 aliphatic heterocycles. The molecule has 0 saturated carbocycles. The first-order valence-electron chi connectivity index (χ1n) is 9.97. The van der Waals surface area contributed by atoms with Crippen LogP contribution < -0.4 is 14.4 Å². The van der Waals surface area contributed by atoms with Crippen LogP contribution in [0.2, 0.25) is 0 Å². The molecule has 2 aromatic carbocycles. The van der Waals surface area contributed by atoms with Crippen molar-refractivity contribution in [3.63, 3.8) is 0 Å². The number of aliphatic hydroxyl groups is 1. The SMILES string of the molecule is COc1ccc(/C(O)=C2/C(=O)C(=O)N(c3ccccc3OC)C2c2ccncc2)cc1C. The number of methoxy groups -OCH3 is 2. The van der Waals surface area contributed by atoms with Crippen LogP contribution in [0.15, 0.2) is 72.6 Å². The number of anilines is 1. The van der Waals surface area contributed by atoms with E-state index in [1.807, 2.05) is 6.92 Å². The summed E-state index contributed by atoms with van der Waals surface area (Å²) in [5, 5.41) is 11.2. The summed E-state index contributed by atoms with van der Waals surface area (Å²) in [4.78, 5) is 31.8. The van der Waals surface area contributed by atoms with Crippen molar-refractivity contribution in [1.82, 2.24) is 4.98 Å². The Balaban J connectivity index is 1.95. The molecule has 7 nitrogen and oxygen atoms in total. The summed E-state index contributed by atoms with van der Waals surface area (Å²) >= 11 is 0. The van der Waals surface area contributed by atoms with Gasteiger partial charge in [0.2, 0.25) is 0 Å². The third kappa shape index (κ3) is 3.47. The Kier molecular flexibility index (Phi) is 5.64. The van der Waals surface area contributed by atoms with Crippen LogP contribution in [0.1, 0.15) is 22.7 Å². The van der Waals surface area contributed by atoms with E-state index >= 15 is 0 Å². The van der Waals surface area contributed by atoms with E-state index in [0.717, 1.165) is 5.56 Å². The van der Waals surface area contributed by atoms with Gasteiger partial charge in [0.05, 0.1) is 31.5 Å². The number of ether oxygens (including phenoxy) is 2. The summed E-state index contributed by atoms with van der Waals surface area (Å²) in [6.07, 6.45) is 3.16. The molecule has 0 radical (unpaired) electrons. The number of amides is 1. The van der Waals surface area contributed by atoms with Crippen molar-refractivity contribution in [3.05, 3.63) is 89.3 Å². The van der Waals surface area contributed by atoms with Crippen molar-refractivity contribution in [2.24, 2.45) is 0 Å². The molecule has 1 N–H and O–H groups in total. The molecule has 7 heteroatoms. The second-order valence-electron chi connectivity index (χ2n) is 7.31. The molecule has 1 unspecified atom stereocenters. The molecule has 0 spiro atoms. The molecule has 2 heterocycles. The number of nitrogens with zero attached hydrogens (tertiary/aromatic N) is 2. The number of benzene rings is 2. The van der Waals surface area contributed by atoms with Gasteiger partial charge in [-0.25, -0.2) is 0 Å². The van der Waals surface area contributed by atoms with E-state index in [4.69, 9.17) is 9.47 Å². The van der Waals surface area contributed by atoms with Gasteiger partial charge in [0.25, 0.3) is 11.7 Å². The van der Waals surface area contributed by atoms with Gasteiger partial charge >= 0.3 is 0 Å². The van der Waals surface area contributed by atoms with Crippen LogP contribution >= 0.6 is 0 Å². The maximum absolute atomic E-state index is 13.2. The molecule has 1 fully saturated rings. The Hall–Kier alpha value is -4.13. The van der Waals surface area contributed by atoms with Crippen LogP contribution in [0.5, 0.6) is 11.5 Å². The standard InChI is InChI=1S/C25H22N2O5/c1-15-14-17(8-9-19(15)31-2)23(28)21-22(16-10-12-26-13-11-16)27(25(30)24(21)29)18-6-4-5-7-20(18)32-3/h4-14,22,28H,1-3H3/b23-21-. The Morgan fingerprint density at radius 2 is 1.66 bits per heavy atom. The van der Waals surface area contributed by atoms with Crippen LogP contribution in [0, 0.1) is 6.92 Å². The zero-order valence-corrected chi connectivity index (χ0v) is 17.9. The molecule has 3 aromatic rings. The third-order valence-corrected chi connectivity index (χ3v) is 5.48. The number of hydrogen-bond acceptors (Lipinski definition) is 6. The fraction of sp³-hybridized carbons (Fsp3) is 0.160. The molecule has 1 saturated heterocycles. The number of para-hydroxylation sites is 2. The normalized spacial score (nSPS) is 17.5. The van der Waals surface area contributed by atoms with Gasteiger partial charge in [-0.2, -0.15) is 0 Å². The second kappa shape index (κ2) is 8.55. The summed E-state index contributed by atoms with van der Waals surface area (Å²) in [5.74, 6) is -0.685. The number of aryl methyl sites for hydroxylation is 1. The topological polar surface area (TPSA) is 89.0 Å². The van der Waals surface area contributed by atoms with Gasteiger partial charge < -0.3 is 14.6 Å². The molecule has 1 aromatic heterocycles. The second-order valence-corrected chi connectivity index (χ2v) is 7.31. The highest BCUT2D eigenvalue weighted by atomic mass is 16.5. The predicted molar refractivity (Wildman–Crippen MR) is 120 cm³/mol. The minimum Gasteiger partial charge on any atom is -0.507 e. The van der Waals surface area contributed by atoms with E-state index in [2.05, 4.69) is 4.98 Å². The Labute approximate surface area is 185 Å². The summed E-state index contributed by atoms with van der Waals surface area (Å²) in [7, 11) is 3.06. The van der Waals surface area contributed by atoms with Crippen LogP contribution in [-0.2, 0) is 9.59 Å². The van der Waals surface area contributed by atoms with E-state index in [0.29, 0.717) is 28.3 Å². The number of carbonyl (C=O) groups excluding carboxylic acids is 2. The lowest BCUT2D eigenvalue weighted by molar-refractivity contribution is -0.132. The van der Waals surface area contributed by atoms with Crippen LogP contribution in [0.25, 0.3) is 5.76 Å². The number of hydrogen-bond donors (Lipinski definition) is 1. The van der Waals surface area contributed by atoms with Crippen LogP contribution in [0.3, 0.4) is 0 Å². The van der Waals surface area contributed by atoms with Crippen LogP contribution in [-0.4, -0.2) is 36.0 Å². The molecule has 162 valence electrons. The molecule has 1 atom stereocenters. The van der Waals surface area contributed by atoms with E-state index in [-0.39, 0.29) is 11.3 Å². The predicted octanol–water partition coefficient (Wildman–Crippen LogP) is 4.03. The first-order chi connectivity index (χ1) is 15.5. The van der Waals surface area contributed by atoms with Gasteiger partial charge in [0.1, 0.15) is 17.3 Å². The zero-order chi connectivity index (χ0) is 22.8. The summed E-state index contributed by atoms with van der Waals surface area (Å²) in [5.41, 5.74) is 2.27. The Morgan fingerprint density at radius 1 is 0.969 bits per heavy atom. The molecule has 1 amide bonds. The highest BCUT2D eigenvalue weighted by molar-refractivity contribution is 6.51. The highest BCUT2D eigenvalue weighted by Gasteiger charge is 2.47. The minimum absolute atomic E-state index is 0.00308. The molecule has 4 rings (SSSR count). The number of carbonyl (C=O) groups is 2. The van der Waals surface area contributed by atoms with E-state index in [9.17, 15) is 14.7 Å². The molecule has 0 bridgehead atoms. The summed E-state index contributed by atoms with van der Waals surface area (Å²) in [6.45, 7) is 1.84. The Bertz CT molecular complexity index is 1220. The van der Waals surface area contributed by atoms with Gasteiger partial charge in [-0.1, -0.05) is 12.1 Å². The molecule has 32 heavy (non-hydrogen) atoms.